The minimum Gasteiger partial charge on any atom is -0.289 e. The number of carbonyl (C=O) groups excluding carboxylic acids is 2. The van der Waals surface area contributed by atoms with Gasteiger partial charge in [-0.15, -0.1) is 0 Å². The van der Waals surface area contributed by atoms with Crippen molar-refractivity contribution in [2.24, 2.45) is 0 Å². The van der Waals surface area contributed by atoms with E-state index in [4.69, 9.17) is 0 Å². The van der Waals surface area contributed by atoms with Gasteiger partial charge in [-0.2, -0.15) is 16.8 Å². The maximum absolute atomic E-state index is 13.5. The van der Waals surface area contributed by atoms with Crippen molar-refractivity contribution < 1.29 is 52.4 Å². The smallest absolute Gasteiger partial charge is 0.289 e. The molecule has 0 spiro atoms. The number of hydrogen-bond acceptors (Lipinski definition) is 10. The number of aryl methyl sites for hydroxylation is 1. The second-order valence-electron chi connectivity index (χ2n) is 7.39. The first-order valence-electron chi connectivity index (χ1n) is 9.61. The Bertz CT molecular complexity index is 1760. The fourth-order valence-electron chi connectivity index (χ4n) is 3.57. The maximum Gasteiger partial charge on any atom is 0.349 e. The van der Waals surface area contributed by atoms with Crippen LogP contribution in [0, 0.1) is 0 Å². The van der Waals surface area contributed by atoms with Gasteiger partial charge in [0, 0.05) is 25.2 Å². The summed E-state index contributed by atoms with van der Waals surface area (Å²) in [5, 5.41) is 0. The Labute approximate surface area is 207 Å². The van der Waals surface area contributed by atoms with Crippen molar-refractivity contribution in [3.8, 4) is 0 Å². The van der Waals surface area contributed by atoms with Crippen LogP contribution < -0.4 is 0 Å². The van der Waals surface area contributed by atoms with Gasteiger partial charge in [-0.05, 0) is 24.1 Å². The number of fused-ring (bicyclic) bond motifs is 2. The molecule has 14 nitrogen and oxygen atoms in total. The van der Waals surface area contributed by atoms with Gasteiger partial charge in [-0.25, -0.2) is 16.8 Å². The zero-order chi connectivity index (χ0) is 27.6. The number of hydrogen-bond donors (Lipinski definition) is 2. The van der Waals surface area contributed by atoms with Crippen molar-refractivity contribution in [3.05, 3.63) is 58.1 Å². The molecule has 0 saturated carbocycles. The molecule has 0 aromatic heterocycles. The second-order valence-corrected chi connectivity index (χ2v) is 14.6. The lowest BCUT2D eigenvalue weighted by molar-refractivity contribution is 0.0974. The summed E-state index contributed by atoms with van der Waals surface area (Å²) < 4.78 is 116. The van der Waals surface area contributed by atoms with Crippen LogP contribution in [0.25, 0.3) is 0 Å². The Morgan fingerprint density at radius 3 is 1.67 bits per heavy atom. The molecule has 3 rings (SSSR count). The Hall–Kier alpha value is -2.58. The summed E-state index contributed by atoms with van der Waals surface area (Å²) in [6.45, 7) is 1.48. The number of carbonyl (C=O) groups is 2. The summed E-state index contributed by atoms with van der Waals surface area (Å²) in [6.07, 6.45) is -0.0525. The third-order valence-corrected chi connectivity index (χ3v) is 12.3. The summed E-state index contributed by atoms with van der Waals surface area (Å²) in [6, 6.07) is 4.95. The van der Waals surface area contributed by atoms with Crippen molar-refractivity contribution in [2.45, 2.75) is 23.1 Å². The van der Waals surface area contributed by atoms with Crippen molar-refractivity contribution in [3.63, 3.8) is 0 Å². The molecule has 0 saturated heterocycles. The highest BCUT2D eigenvalue weighted by molar-refractivity contribution is 8.02. The molecule has 18 heteroatoms. The SMILES string of the molecule is CCc1ccc2c(c1S(=O)(=O)N(C)S(=O)(=O)O)C(=O)c1cccc(S(=O)(=O)N(C)S(=O)(=O)O)c1C2=O. The van der Waals surface area contributed by atoms with Crippen molar-refractivity contribution in [2.75, 3.05) is 14.1 Å². The number of rotatable bonds is 7. The van der Waals surface area contributed by atoms with Gasteiger partial charge in [-0.1, -0.05) is 32.5 Å². The maximum atomic E-state index is 13.5. The highest BCUT2D eigenvalue weighted by atomic mass is 32.3. The summed E-state index contributed by atoms with van der Waals surface area (Å²) in [5.74, 6) is -2.36. The molecule has 0 aliphatic heterocycles. The van der Waals surface area contributed by atoms with Gasteiger partial charge in [0.05, 0.1) is 20.9 Å². The molecule has 0 radical (unpaired) electrons. The van der Waals surface area contributed by atoms with Gasteiger partial charge < -0.3 is 0 Å². The normalized spacial score (nSPS) is 14.8. The molecule has 1 aliphatic rings. The molecular weight excluding hydrogens is 564 g/mol. The highest BCUT2D eigenvalue weighted by Crippen LogP contribution is 2.38. The lowest BCUT2D eigenvalue weighted by Gasteiger charge is -2.25. The molecule has 36 heavy (non-hydrogen) atoms. The predicted octanol–water partition coefficient (Wildman–Crippen LogP) is -0.129. The van der Waals surface area contributed by atoms with E-state index in [1.807, 2.05) is 0 Å². The van der Waals surface area contributed by atoms with Gasteiger partial charge in [0.1, 0.15) is 0 Å². The summed E-state index contributed by atoms with van der Waals surface area (Å²) >= 11 is 0. The van der Waals surface area contributed by atoms with Crippen LogP contribution in [0.2, 0.25) is 0 Å². The number of nitrogens with zero attached hydrogens (tertiary/aromatic N) is 2. The van der Waals surface area contributed by atoms with Crippen molar-refractivity contribution >= 4 is 52.2 Å². The Morgan fingerprint density at radius 2 is 1.17 bits per heavy atom. The van der Waals surface area contributed by atoms with Gasteiger partial charge in [-0.3, -0.25) is 18.7 Å². The molecule has 2 aromatic carbocycles. The number of benzene rings is 2. The minimum absolute atomic E-state index is 0.0525. The van der Waals surface area contributed by atoms with Crippen LogP contribution in [-0.4, -0.2) is 75.9 Å². The minimum atomic E-state index is -5.32. The molecular formula is C18H18N2O12S4. The fourth-order valence-corrected chi connectivity index (χ4v) is 8.27. The van der Waals surface area contributed by atoms with Crippen LogP contribution in [0.1, 0.15) is 44.3 Å². The van der Waals surface area contributed by atoms with Crippen LogP contribution in [0.15, 0.2) is 40.1 Å². The van der Waals surface area contributed by atoms with E-state index in [1.165, 1.54) is 6.92 Å². The Kier molecular flexibility index (Phi) is 6.82. The van der Waals surface area contributed by atoms with Crippen molar-refractivity contribution in [1.29, 1.82) is 0 Å². The van der Waals surface area contributed by atoms with Crippen LogP contribution >= 0.6 is 0 Å². The number of ketones is 2. The van der Waals surface area contributed by atoms with Gasteiger partial charge in [0.2, 0.25) is 0 Å². The molecule has 0 bridgehead atoms. The lowest BCUT2D eigenvalue weighted by atomic mass is 9.83. The molecule has 0 fully saturated rings. The van der Waals surface area contributed by atoms with Gasteiger partial charge in [0.15, 0.2) is 11.6 Å². The van der Waals surface area contributed by atoms with Crippen LogP contribution in [0.4, 0.5) is 0 Å². The van der Waals surface area contributed by atoms with E-state index in [0.717, 1.165) is 30.3 Å². The summed E-state index contributed by atoms with van der Waals surface area (Å²) in [4.78, 5) is 25.1. The molecule has 196 valence electrons. The fraction of sp³-hybridized carbons (Fsp3) is 0.222. The molecule has 0 atom stereocenters. The monoisotopic (exact) mass is 582 g/mol. The second kappa shape index (κ2) is 8.77. The average Bonchev–Trinajstić information content (AvgIpc) is 2.78. The molecule has 0 amide bonds. The zero-order valence-corrected chi connectivity index (χ0v) is 21.9. The highest BCUT2D eigenvalue weighted by Gasteiger charge is 2.43. The molecule has 0 heterocycles. The topological polar surface area (TPSA) is 218 Å². The van der Waals surface area contributed by atoms with Crippen LogP contribution in [0.3, 0.4) is 0 Å². The first kappa shape index (κ1) is 28.0. The van der Waals surface area contributed by atoms with E-state index in [1.54, 1.807) is 0 Å². The Balaban J connectivity index is 2.42. The lowest BCUT2D eigenvalue weighted by Crippen LogP contribution is -2.37. The summed E-state index contributed by atoms with van der Waals surface area (Å²) in [7, 11) is -19.8. The molecule has 2 aromatic rings. The van der Waals surface area contributed by atoms with Crippen LogP contribution in [-0.2, 0) is 47.1 Å². The number of sulfonamides is 2. The van der Waals surface area contributed by atoms with Crippen LogP contribution in [0.5, 0.6) is 0 Å². The average molecular weight is 583 g/mol. The third kappa shape index (κ3) is 4.28. The summed E-state index contributed by atoms with van der Waals surface area (Å²) in [5.41, 5.74) is -2.83. The van der Waals surface area contributed by atoms with Gasteiger partial charge >= 0.3 is 20.6 Å². The third-order valence-electron chi connectivity index (χ3n) is 5.45. The van der Waals surface area contributed by atoms with E-state index >= 15 is 0 Å². The van der Waals surface area contributed by atoms with E-state index in [2.05, 4.69) is 0 Å². The first-order valence-corrected chi connectivity index (χ1v) is 15.3. The standard InChI is InChI=1S/C18H18N2O12S4/c1-4-10-8-9-12-15(18(10)34(25,26)20(3)36(30,31)32)17(22)11-6-5-7-13(14(11)16(12)21)33(23,24)19(2)35(27,28)29/h5-9H,4H2,1-3H3,(H,27,28,29)(H,30,31,32). The molecule has 0 unspecified atom stereocenters. The molecule has 1 aliphatic carbocycles. The predicted molar refractivity (Wildman–Crippen MR) is 122 cm³/mol. The quantitative estimate of drug-likeness (QED) is 0.348. The van der Waals surface area contributed by atoms with E-state index in [0.29, 0.717) is 14.1 Å². The largest absolute Gasteiger partial charge is 0.349 e. The van der Waals surface area contributed by atoms with E-state index < -0.39 is 88.0 Å². The van der Waals surface area contributed by atoms with E-state index in [-0.39, 0.29) is 15.7 Å². The Morgan fingerprint density at radius 1 is 0.694 bits per heavy atom. The van der Waals surface area contributed by atoms with Crippen molar-refractivity contribution in [1.82, 2.24) is 7.42 Å². The van der Waals surface area contributed by atoms with E-state index in [9.17, 15) is 52.4 Å². The zero-order valence-electron chi connectivity index (χ0n) is 18.6. The molecule has 2 N–H and O–H groups in total. The van der Waals surface area contributed by atoms with Gasteiger partial charge in [0.25, 0.3) is 20.0 Å². The first-order chi connectivity index (χ1) is 16.3.